The molecule has 0 bridgehead atoms. The van der Waals surface area contributed by atoms with Crippen molar-refractivity contribution in [3.05, 3.63) is 24.3 Å². The van der Waals surface area contributed by atoms with Gasteiger partial charge in [0.15, 0.2) is 0 Å². The zero-order valence-electron chi connectivity index (χ0n) is 13.4. The molecule has 0 radical (unpaired) electrons. The molecule has 1 saturated heterocycles. The van der Waals surface area contributed by atoms with Crippen LogP contribution in [0.25, 0.3) is 0 Å². The van der Waals surface area contributed by atoms with E-state index in [0.29, 0.717) is 17.8 Å². The molecule has 120 valence electrons. The van der Waals surface area contributed by atoms with Gasteiger partial charge < -0.3 is 15.5 Å². The van der Waals surface area contributed by atoms with Crippen LogP contribution in [0.2, 0.25) is 0 Å². The second-order valence-corrected chi connectivity index (χ2v) is 6.08. The number of benzene rings is 1. The third-order valence-electron chi connectivity index (χ3n) is 4.00. The van der Waals surface area contributed by atoms with Gasteiger partial charge >= 0.3 is 0 Å². The van der Waals surface area contributed by atoms with E-state index >= 15 is 0 Å². The van der Waals surface area contributed by atoms with Crippen LogP contribution in [0.5, 0.6) is 0 Å². The van der Waals surface area contributed by atoms with Gasteiger partial charge in [-0.05, 0) is 50.0 Å². The molecule has 1 fully saturated rings. The molecule has 22 heavy (non-hydrogen) atoms. The van der Waals surface area contributed by atoms with Gasteiger partial charge in [-0.25, -0.2) is 0 Å². The number of hydrogen-bond donors (Lipinski definition) is 2. The Kier molecular flexibility index (Phi) is 5.95. The summed E-state index contributed by atoms with van der Waals surface area (Å²) in [6, 6.07) is 7.20. The Bertz CT molecular complexity index is 522. The van der Waals surface area contributed by atoms with Gasteiger partial charge in [-0.3, -0.25) is 9.59 Å². The molecule has 1 heterocycles. The summed E-state index contributed by atoms with van der Waals surface area (Å²) in [4.78, 5) is 25.4. The highest BCUT2D eigenvalue weighted by molar-refractivity contribution is 5.93. The van der Waals surface area contributed by atoms with Crippen LogP contribution < -0.4 is 10.6 Å². The Hall–Kier alpha value is -1.88. The molecule has 0 saturated carbocycles. The van der Waals surface area contributed by atoms with Crippen LogP contribution in [-0.2, 0) is 9.59 Å². The van der Waals surface area contributed by atoms with Crippen molar-refractivity contribution in [3.63, 3.8) is 0 Å². The molecule has 0 unspecified atom stereocenters. The van der Waals surface area contributed by atoms with Gasteiger partial charge in [-0.2, -0.15) is 0 Å². The highest BCUT2D eigenvalue weighted by atomic mass is 16.2. The number of amides is 2. The zero-order valence-corrected chi connectivity index (χ0v) is 13.4. The van der Waals surface area contributed by atoms with Crippen LogP contribution in [0, 0.1) is 5.92 Å². The Labute approximate surface area is 132 Å². The van der Waals surface area contributed by atoms with E-state index in [9.17, 15) is 9.59 Å². The standard InChI is InChI=1S/C17H25N3O2/c1-13-6-9-20(10-7-13)11-8-17(22)19-16-5-3-4-15(12-16)18-14(2)21/h3-5,12-13H,6-11H2,1-2H3,(H,18,21)(H,19,22). The molecule has 0 aliphatic carbocycles. The minimum atomic E-state index is -0.122. The second-order valence-electron chi connectivity index (χ2n) is 6.08. The van der Waals surface area contributed by atoms with Crippen LogP contribution in [0.3, 0.4) is 0 Å². The Morgan fingerprint density at radius 3 is 2.45 bits per heavy atom. The van der Waals surface area contributed by atoms with Gasteiger partial charge in [0.25, 0.3) is 0 Å². The Morgan fingerprint density at radius 1 is 1.18 bits per heavy atom. The average Bonchev–Trinajstić information content (AvgIpc) is 2.46. The summed E-state index contributed by atoms with van der Waals surface area (Å²) in [5.74, 6) is 0.697. The van der Waals surface area contributed by atoms with Gasteiger partial charge in [0, 0.05) is 31.3 Å². The fraction of sp³-hybridized carbons (Fsp3) is 0.529. The smallest absolute Gasteiger partial charge is 0.225 e. The van der Waals surface area contributed by atoms with Gasteiger partial charge in [0.2, 0.25) is 11.8 Å². The van der Waals surface area contributed by atoms with Crippen LogP contribution in [0.4, 0.5) is 11.4 Å². The van der Waals surface area contributed by atoms with E-state index < -0.39 is 0 Å². The molecule has 1 aliphatic rings. The summed E-state index contributed by atoms with van der Waals surface area (Å²) in [6.07, 6.45) is 2.94. The molecule has 0 aromatic heterocycles. The van der Waals surface area contributed by atoms with Crippen LogP contribution >= 0.6 is 0 Å². The summed E-state index contributed by atoms with van der Waals surface area (Å²) < 4.78 is 0. The maximum Gasteiger partial charge on any atom is 0.225 e. The summed E-state index contributed by atoms with van der Waals surface area (Å²) in [5, 5.41) is 5.59. The fourth-order valence-electron chi connectivity index (χ4n) is 2.65. The monoisotopic (exact) mass is 303 g/mol. The summed E-state index contributed by atoms with van der Waals surface area (Å²) in [6.45, 7) is 6.74. The molecular formula is C17H25N3O2. The Balaban J connectivity index is 1.78. The Morgan fingerprint density at radius 2 is 1.82 bits per heavy atom. The second kappa shape index (κ2) is 7.94. The molecule has 5 nitrogen and oxygen atoms in total. The zero-order chi connectivity index (χ0) is 15.9. The molecular weight excluding hydrogens is 278 g/mol. The minimum Gasteiger partial charge on any atom is -0.326 e. The first-order valence-electron chi connectivity index (χ1n) is 7.93. The van der Waals surface area contributed by atoms with Crippen molar-refractivity contribution >= 4 is 23.2 Å². The van der Waals surface area contributed by atoms with Crippen molar-refractivity contribution < 1.29 is 9.59 Å². The van der Waals surface area contributed by atoms with Crippen molar-refractivity contribution in [2.24, 2.45) is 5.92 Å². The SMILES string of the molecule is CC(=O)Nc1cccc(NC(=O)CCN2CCC(C)CC2)c1. The van der Waals surface area contributed by atoms with Crippen LogP contribution in [0.1, 0.15) is 33.1 Å². The largest absolute Gasteiger partial charge is 0.326 e. The molecule has 0 atom stereocenters. The minimum absolute atomic E-state index is 0.0126. The highest BCUT2D eigenvalue weighted by Gasteiger charge is 2.16. The lowest BCUT2D eigenvalue weighted by Gasteiger charge is -2.29. The van der Waals surface area contributed by atoms with E-state index in [4.69, 9.17) is 0 Å². The predicted molar refractivity (Wildman–Crippen MR) is 88.8 cm³/mol. The van der Waals surface area contributed by atoms with Crippen molar-refractivity contribution in [1.82, 2.24) is 4.90 Å². The van der Waals surface area contributed by atoms with E-state index in [-0.39, 0.29) is 11.8 Å². The predicted octanol–water partition coefficient (Wildman–Crippen LogP) is 2.71. The van der Waals surface area contributed by atoms with E-state index in [1.807, 2.05) is 12.1 Å². The van der Waals surface area contributed by atoms with Crippen molar-refractivity contribution in [3.8, 4) is 0 Å². The normalized spacial score (nSPS) is 16.3. The molecule has 2 rings (SSSR count). The van der Waals surface area contributed by atoms with Crippen LogP contribution in [0.15, 0.2) is 24.3 Å². The van der Waals surface area contributed by atoms with E-state index in [1.165, 1.54) is 19.8 Å². The highest BCUT2D eigenvalue weighted by Crippen LogP contribution is 2.17. The maximum absolute atomic E-state index is 12.0. The molecule has 0 spiro atoms. The number of rotatable bonds is 5. The number of carbonyl (C=O) groups is 2. The molecule has 1 aliphatic heterocycles. The third-order valence-corrected chi connectivity index (χ3v) is 4.00. The first kappa shape index (κ1) is 16.5. The van der Waals surface area contributed by atoms with Crippen molar-refractivity contribution in [1.29, 1.82) is 0 Å². The lowest BCUT2D eigenvalue weighted by Crippen LogP contribution is -2.35. The van der Waals surface area contributed by atoms with Crippen LogP contribution in [-0.4, -0.2) is 36.3 Å². The van der Waals surface area contributed by atoms with Gasteiger partial charge in [0.05, 0.1) is 0 Å². The number of likely N-dealkylation sites (tertiary alicyclic amines) is 1. The summed E-state index contributed by atoms with van der Waals surface area (Å²) in [7, 11) is 0. The van der Waals surface area contributed by atoms with Gasteiger partial charge in [0.1, 0.15) is 0 Å². The molecule has 1 aromatic rings. The average molecular weight is 303 g/mol. The number of piperidine rings is 1. The molecule has 2 amide bonds. The number of nitrogens with one attached hydrogen (secondary N) is 2. The summed E-state index contributed by atoms with van der Waals surface area (Å²) >= 11 is 0. The van der Waals surface area contributed by atoms with E-state index in [2.05, 4.69) is 22.5 Å². The number of nitrogens with zero attached hydrogens (tertiary/aromatic N) is 1. The van der Waals surface area contributed by atoms with E-state index in [0.717, 1.165) is 25.6 Å². The van der Waals surface area contributed by atoms with E-state index in [1.54, 1.807) is 12.1 Å². The third kappa shape index (κ3) is 5.48. The molecule has 2 N–H and O–H groups in total. The maximum atomic E-state index is 12.0. The molecule has 5 heteroatoms. The van der Waals surface area contributed by atoms with Gasteiger partial charge in [-0.1, -0.05) is 13.0 Å². The molecule has 1 aromatic carbocycles. The summed E-state index contributed by atoms with van der Waals surface area (Å²) in [5.41, 5.74) is 1.40. The lowest BCUT2D eigenvalue weighted by atomic mass is 9.99. The van der Waals surface area contributed by atoms with Crippen molar-refractivity contribution in [2.75, 3.05) is 30.3 Å². The quantitative estimate of drug-likeness (QED) is 0.879. The lowest BCUT2D eigenvalue weighted by molar-refractivity contribution is -0.116. The van der Waals surface area contributed by atoms with Gasteiger partial charge in [-0.15, -0.1) is 0 Å². The van der Waals surface area contributed by atoms with Crippen molar-refractivity contribution in [2.45, 2.75) is 33.1 Å². The number of anilines is 2. The first-order chi connectivity index (χ1) is 10.5. The fourth-order valence-corrected chi connectivity index (χ4v) is 2.65. The number of carbonyl (C=O) groups excluding carboxylic acids is 2. The number of hydrogen-bond acceptors (Lipinski definition) is 3. The first-order valence-corrected chi connectivity index (χ1v) is 7.93. The topological polar surface area (TPSA) is 61.4 Å².